The lowest BCUT2D eigenvalue weighted by Crippen LogP contribution is -3.00. The lowest BCUT2D eigenvalue weighted by Gasteiger charge is -2.27. The van der Waals surface area contributed by atoms with Gasteiger partial charge in [0.2, 0.25) is 0 Å². The fourth-order valence-corrected chi connectivity index (χ4v) is 4.15. The third-order valence-electron chi connectivity index (χ3n) is 7.03. The molecule has 0 radical (unpaired) electrons. The van der Waals surface area contributed by atoms with Crippen LogP contribution in [0.25, 0.3) is 6.08 Å². The number of phenols is 2. The molecule has 0 fully saturated rings. The molecular weight excluding hydrogens is 660 g/mol. The number of ether oxygens (including phenoxy) is 2. The SMILES string of the molecule is CC(C)(C)c1cc(C=O)c(O)c(C(C)(C)C)c1.CCOC(=O)/C=C/c1cc(C(C)(C)C)cc(C(C)(C)C)c1O.CCOC(=O)CC.[Br-]. The standard InChI is InChI=1S/C19H28O3.C15H22O2.C5H10O2.BrH/c1-8-22-16(20)10-9-13-11-14(18(2,3)4)12-15(17(13)21)19(5,6)7;1-14(2,3)11-7-10(9-16)13(17)12(8-11)15(4,5)6;1-3-5(6)7-4-2;/h9-12,21H,8H2,1-7H3;7-9,17H,1-6H3;3-4H2,1-2H3;1H/p-1/b10-9+;;;. The van der Waals surface area contributed by atoms with Gasteiger partial charge in [-0.1, -0.05) is 102 Å². The van der Waals surface area contributed by atoms with E-state index in [1.54, 1.807) is 32.9 Å². The summed E-state index contributed by atoms with van der Waals surface area (Å²) in [6.45, 7) is 31.1. The number of aldehydes is 1. The summed E-state index contributed by atoms with van der Waals surface area (Å²) in [4.78, 5) is 32.7. The first-order valence-electron chi connectivity index (χ1n) is 16.1. The highest BCUT2D eigenvalue weighted by atomic mass is 79.9. The monoisotopic (exact) mass is 719 g/mol. The number of hydrogen-bond acceptors (Lipinski definition) is 7. The molecule has 0 aromatic heterocycles. The van der Waals surface area contributed by atoms with Crippen molar-refractivity contribution >= 4 is 24.3 Å². The molecule has 8 heteroatoms. The Hall–Kier alpha value is -3.13. The van der Waals surface area contributed by atoms with Gasteiger partial charge in [-0.15, -0.1) is 0 Å². The molecule has 0 aliphatic heterocycles. The molecule has 0 bridgehead atoms. The van der Waals surface area contributed by atoms with Crippen molar-refractivity contribution in [2.45, 2.75) is 132 Å². The molecule has 0 aliphatic carbocycles. The van der Waals surface area contributed by atoms with Gasteiger partial charge in [-0.2, -0.15) is 0 Å². The quantitative estimate of drug-likeness (QED) is 0.204. The van der Waals surface area contributed by atoms with Crippen molar-refractivity contribution in [1.82, 2.24) is 0 Å². The van der Waals surface area contributed by atoms with Crippen LogP contribution in [0.4, 0.5) is 0 Å². The minimum atomic E-state index is -0.402. The molecule has 2 N–H and O–H groups in total. The molecule has 0 aliphatic rings. The highest BCUT2D eigenvalue weighted by Gasteiger charge is 2.25. The zero-order valence-corrected chi connectivity index (χ0v) is 33.1. The lowest BCUT2D eigenvalue weighted by atomic mass is 9.79. The summed E-state index contributed by atoms with van der Waals surface area (Å²) in [5.41, 5.74) is 4.48. The van der Waals surface area contributed by atoms with Crippen molar-refractivity contribution in [2.75, 3.05) is 13.2 Å². The molecule has 0 unspecified atom stereocenters. The second kappa shape index (κ2) is 19.0. The molecule has 2 rings (SSSR count). The summed E-state index contributed by atoms with van der Waals surface area (Å²) < 4.78 is 9.44. The molecule has 0 spiro atoms. The number of halogens is 1. The van der Waals surface area contributed by atoms with E-state index < -0.39 is 5.97 Å². The lowest BCUT2D eigenvalue weighted by molar-refractivity contribution is -0.142. The third kappa shape index (κ3) is 15.5. The Morgan fingerprint density at radius 3 is 1.32 bits per heavy atom. The van der Waals surface area contributed by atoms with Gasteiger partial charge in [-0.3, -0.25) is 9.59 Å². The second-order valence-electron chi connectivity index (χ2n) is 15.3. The van der Waals surface area contributed by atoms with Crippen molar-refractivity contribution in [3.05, 3.63) is 63.7 Å². The predicted molar refractivity (Wildman–Crippen MR) is 189 cm³/mol. The molecule has 2 aromatic carbocycles. The largest absolute Gasteiger partial charge is 1.00 e. The molecule has 2 aromatic rings. The summed E-state index contributed by atoms with van der Waals surface area (Å²) in [7, 11) is 0. The van der Waals surface area contributed by atoms with Crippen LogP contribution in [0.3, 0.4) is 0 Å². The van der Waals surface area contributed by atoms with Gasteiger partial charge in [0, 0.05) is 29.2 Å². The van der Waals surface area contributed by atoms with Gasteiger partial charge < -0.3 is 36.7 Å². The molecule has 7 nitrogen and oxygen atoms in total. The molecule has 0 atom stereocenters. The van der Waals surface area contributed by atoms with E-state index in [-0.39, 0.29) is 56.1 Å². The van der Waals surface area contributed by atoms with Crippen molar-refractivity contribution < 1.29 is 51.1 Å². The van der Waals surface area contributed by atoms with E-state index in [4.69, 9.17) is 4.74 Å². The van der Waals surface area contributed by atoms with E-state index in [1.165, 1.54) is 6.08 Å². The highest BCUT2D eigenvalue weighted by Crippen LogP contribution is 2.39. The zero-order valence-electron chi connectivity index (χ0n) is 31.5. The summed E-state index contributed by atoms with van der Waals surface area (Å²) >= 11 is 0. The van der Waals surface area contributed by atoms with Crippen LogP contribution in [0.2, 0.25) is 0 Å². The summed E-state index contributed by atoms with van der Waals surface area (Å²) in [6.07, 6.45) is 4.18. The van der Waals surface area contributed by atoms with E-state index in [9.17, 15) is 24.6 Å². The first-order valence-corrected chi connectivity index (χ1v) is 16.1. The molecule has 266 valence electrons. The van der Waals surface area contributed by atoms with Crippen LogP contribution < -0.4 is 17.0 Å². The molecule has 0 amide bonds. The number of esters is 2. The number of phenolic OH excluding ortho intramolecular Hbond substituents is 2. The van der Waals surface area contributed by atoms with Crippen LogP contribution >= 0.6 is 0 Å². The third-order valence-corrected chi connectivity index (χ3v) is 7.03. The molecular formula is C39H60BrO7-. The van der Waals surface area contributed by atoms with Crippen LogP contribution in [0.5, 0.6) is 11.5 Å². The Morgan fingerprint density at radius 2 is 1.02 bits per heavy atom. The first-order chi connectivity index (χ1) is 20.8. The maximum atomic E-state index is 11.5. The number of benzene rings is 2. The summed E-state index contributed by atoms with van der Waals surface area (Å²) in [5, 5.41) is 20.6. The first kappa shape index (κ1) is 46.0. The van der Waals surface area contributed by atoms with Crippen molar-refractivity contribution in [3.63, 3.8) is 0 Å². The number of hydrogen-bond donors (Lipinski definition) is 2. The number of rotatable bonds is 6. The Morgan fingerprint density at radius 1 is 0.638 bits per heavy atom. The van der Waals surface area contributed by atoms with Crippen molar-refractivity contribution in [3.8, 4) is 11.5 Å². The average molecular weight is 721 g/mol. The maximum Gasteiger partial charge on any atom is 0.330 e. The van der Waals surface area contributed by atoms with Crippen LogP contribution in [0.1, 0.15) is 148 Å². The van der Waals surface area contributed by atoms with Gasteiger partial charge in [0.05, 0.1) is 18.8 Å². The smallest absolute Gasteiger partial charge is 0.330 e. The number of carbonyl (C=O) groups excluding carboxylic acids is 3. The Balaban J connectivity index is 0. The fourth-order valence-electron chi connectivity index (χ4n) is 4.15. The van der Waals surface area contributed by atoms with Crippen molar-refractivity contribution in [1.29, 1.82) is 0 Å². The van der Waals surface area contributed by atoms with Gasteiger partial charge in [0.15, 0.2) is 6.29 Å². The summed E-state index contributed by atoms with van der Waals surface area (Å²) in [6, 6.07) is 7.76. The topological polar surface area (TPSA) is 110 Å². The van der Waals surface area contributed by atoms with Crippen LogP contribution in [-0.4, -0.2) is 41.7 Å². The molecule has 0 saturated heterocycles. The minimum absolute atomic E-state index is 0. The van der Waals surface area contributed by atoms with Crippen LogP contribution in [0.15, 0.2) is 30.3 Å². The Labute approximate surface area is 294 Å². The van der Waals surface area contributed by atoms with Crippen LogP contribution in [-0.2, 0) is 40.7 Å². The molecule has 0 saturated carbocycles. The minimum Gasteiger partial charge on any atom is -1.00 e. The zero-order chi connectivity index (χ0) is 36.3. The molecule has 0 heterocycles. The van der Waals surface area contributed by atoms with Gasteiger partial charge in [-0.25, -0.2) is 4.79 Å². The van der Waals surface area contributed by atoms with Gasteiger partial charge in [0.1, 0.15) is 11.5 Å². The van der Waals surface area contributed by atoms with E-state index in [0.717, 1.165) is 28.5 Å². The van der Waals surface area contributed by atoms with Crippen molar-refractivity contribution in [2.24, 2.45) is 0 Å². The van der Waals surface area contributed by atoms with E-state index in [0.29, 0.717) is 30.8 Å². The number of carbonyl (C=O) groups is 3. The average Bonchev–Trinajstić information content (AvgIpc) is 2.91. The van der Waals surface area contributed by atoms with Gasteiger partial charge >= 0.3 is 11.9 Å². The van der Waals surface area contributed by atoms with E-state index >= 15 is 0 Å². The van der Waals surface area contributed by atoms with Gasteiger partial charge in [-0.05, 0) is 64.8 Å². The summed E-state index contributed by atoms with van der Waals surface area (Å²) in [5.74, 6) is -0.190. The van der Waals surface area contributed by atoms with E-state index in [2.05, 4.69) is 73.1 Å². The second-order valence-corrected chi connectivity index (χ2v) is 15.3. The van der Waals surface area contributed by atoms with E-state index in [1.807, 2.05) is 32.9 Å². The normalized spacial score (nSPS) is 11.7. The number of aromatic hydroxyl groups is 2. The highest BCUT2D eigenvalue weighted by molar-refractivity contribution is 5.87. The van der Waals surface area contributed by atoms with Crippen LogP contribution in [0, 0.1) is 0 Å². The Kier molecular flexibility index (Phi) is 18.6. The Bertz CT molecular complexity index is 1350. The predicted octanol–water partition coefficient (Wildman–Crippen LogP) is 6.33. The van der Waals surface area contributed by atoms with Gasteiger partial charge in [0.25, 0.3) is 0 Å². The molecule has 47 heavy (non-hydrogen) atoms. The fraction of sp³-hybridized carbons (Fsp3) is 0.564. The maximum absolute atomic E-state index is 11.5.